The Morgan fingerprint density at radius 2 is 1.48 bits per heavy atom. The first kappa shape index (κ1) is 17.1. The Bertz CT molecular complexity index is 649. The molecule has 0 saturated carbocycles. The summed E-state index contributed by atoms with van der Waals surface area (Å²) < 4.78 is 5.95. The maximum atomic E-state index is 10.9. The zero-order valence-electron chi connectivity index (χ0n) is 14.2. The minimum atomic E-state index is -0.909. The number of benzene rings is 2. The summed E-state index contributed by atoms with van der Waals surface area (Å²) in [7, 11) is 0. The molecule has 0 heterocycles. The monoisotopic (exact) mass is 312 g/mol. The average Bonchev–Trinajstić information content (AvgIpc) is 2.46. The van der Waals surface area contributed by atoms with E-state index in [1.807, 2.05) is 36.4 Å². The van der Waals surface area contributed by atoms with E-state index in [1.165, 1.54) is 0 Å². The van der Waals surface area contributed by atoms with Crippen molar-refractivity contribution in [1.29, 1.82) is 0 Å². The van der Waals surface area contributed by atoms with Crippen LogP contribution in [0.5, 0.6) is 5.75 Å². The molecule has 0 aliphatic carbocycles. The number of hydrogen-bond acceptors (Lipinski definition) is 2. The van der Waals surface area contributed by atoms with Crippen LogP contribution in [0.3, 0.4) is 0 Å². The van der Waals surface area contributed by atoms with Crippen LogP contribution in [0.1, 0.15) is 44.5 Å². The normalized spacial score (nSPS) is 12.7. The van der Waals surface area contributed by atoms with Crippen molar-refractivity contribution in [3.8, 4) is 16.9 Å². The van der Waals surface area contributed by atoms with Gasteiger partial charge in [-0.1, -0.05) is 45.0 Å². The lowest BCUT2D eigenvalue weighted by Gasteiger charge is -2.24. The second kappa shape index (κ2) is 6.86. The van der Waals surface area contributed by atoms with Gasteiger partial charge in [-0.3, -0.25) is 0 Å². The van der Waals surface area contributed by atoms with Gasteiger partial charge in [0, 0.05) is 0 Å². The van der Waals surface area contributed by atoms with Crippen LogP contribution < -0.4 is 4.74 Å². The Labute approximate surface area is 137 Å². The minimum Gasteiger partial charge on any atom is -0.491 e. The summed E-state index contributed by atoms with van der Waals surface area (Å²) in [6, 6.07) is 14.8. The lowest BCUT2D eigenvalue weighted by atomic mass is 9.90. The number of ether oxygens (including phenoxy) is 1. The second-order valence-corrected chi connectivity index (χ2v) is 7.10. The molecular weight excluding hydrogens is 288 g/mol. The molecule has 1 atom stereocenters. The molecule has 0 bridgehead atoms. The van der Waals surface area contributed by atoms with Gasteiger partial charge in [0.1, 0.15) is 5.75 Å². The molecule has 23 heavy (non-hydrogen) atoms. The van der Waals surface area contributed by atoms with E-state index in [4.69, 9.17) is 9.84 Å². The molecule has 3 heteroatoms. The molecule has 0 spiro atoms. The quantitative estimate of drug-likeness (QED) is 0.819. The van der Waals surface area contributed by atoms with Crippen LogP contribution in [0.4, 0.5) is 0 Å². The van der Waals surface area contributed by atoms with E-state index in [9.17, 15) is 4.79 Å². The summed E-state index contributed by atoms with van der Waals surface area (Å²) in [5.74, 6) is -0.0548. The predicted molar refractivity (Wildman–Crippen MR) is 93.0 cm³/mol. The maximum Gasteiger partial charge on any atom is 0.335 e. The van der Waals surface area contributed by atoms with Crippen molar-refractivity contribution in [3.63, 3.8) is 0 Å². The topological polar surface area (TPSA) is 46.5 Å². The smallest absolute Gasteiger partial charge is 0.335 e. The summed E-state index contributed by atoms with van der Waals surface area (Å²) in [5.41, 5.74) is 2.57. The van der Waals surface area contributed by atoms with Crippen molar-refractivity contribution < 1.29 is 14.6 Å². The van der Waals surface area contributed by atoms with Gasteiger partial charge in [0.15, 0.2) is 0 Å². The molecule has 0 fully saturated rings. The lowest BCUT2D eigenvalue weighted by Crippen LogP contribution is -2.20. The van der Waals surface area contributed by atoms with Gasteiger partial charge in [-0.15, -0.1) is 0 Å². The number of carboxylic acid groups (broad SMARTS) is 1. The first-order valence-electron chi connectivity index (χ1n) is 7.85. The molecule has 0 radical (unpaired) electrons. The van der Waals surface area contributed by atoms with Gasteiger partial charge in [0.2, 0.25) is 0 Å². The number of carboxylic acids is 1. The molecule has 2 aromatic rings. The van der Waals surface area contributed by atoms with Crippen LogP contribution in [0, 0.1) is 5.41 Å². The number of carbonyl (C=O) groups is 1. The van der Waals surface area contributed by atoms with E-state index >= 15 is 0 Å². The van der Waals surface area contributed by atoms with Crippen LogP contribution in [0.2, 0.25) is 0 Å². The highest BCUT2D eigenvalue weighted by Crippen LogP contribution is 2.26. The van der Waals surface area contributed by atoms with E-state index in [-0.39, 0.29) is 11.5 Å². The van der Waals surface area contributed by atoms with Gasteiger partial charge in [-0.05, 0) is 54.2 Å². The molecule has 0 saturated heterocycles. The summed E-state index contributed by atoms with van der Waals surface area (Å²) in [4.78, 5) is 10.9. The molecule has 3 nitrogen and oxygen atoms in total. The molecule has 0 aliphatic heterocycles. The molecule has 122 valence electrons. The molecule has 2 aromatic carbocycles. The largest absolute Gasteiger partial charge is 0.491 e. The first-order chi connectivity index (χ1) is 10.7. The summed E-state index contributed by atoms with van der Waals surface area (Å²) in [6.07, 6.45) is 1.15. The van der Waals surface area contributed by atoms with Gasteiger partial charge >= 0.3 is 5.97 Å². The van der Waals surface area contributed by atoms with E-state index in [0.717, 1.165) is 23.3 Å². The average molecular weight is 312 g/mol. The molecular formula is C20H24O3. The number of aromatic carboxylic acids is 1. The van der Waals surface area contributed by atoms with Crippen molar-refractivity contribution in [2.75, 3.05) is 0 Å². The molecule has 2 rings (SSSR count). The Morgan fingerprint density at radius 1 is 1.00 bits per heavy atom. The summed E-state index contributed by atoms with van der Waals surface area (Å²) >= 11 is 0. The zero-order valence-corrected chi connectivity index (χ0v) is 14.2. The van der Waals surface area contributed by atoms with Crippen molar-refractivity contribution in [3.05, 3.63) is 54.1 Å². The van der Waals surface area contributed by atoms with Crippen LogP contribution in [0.15, 0.2) is 48.5 Å². The maximum absolute atomic E-state index is 10.9. The van der Waals surface area contributed by atoms with Crippen molar-refractivity contribution in [2.24, 2.45) is 5.41 Å². The fourth-order valence-corrected chi connectivity index (χ4v) is 2.67. The van der Waals surface area contributed by atoms with Crippen LogP contribution in [0.25, 0.3) is 11.1 Å². The highest BCUT2D eigenvalue weighted by molar-refractivity contribution is 5.88. The van der Waals surface area contributed by atoms with Crippen molar-refractivity contribution in [2.45, 2.75) is 40.2 Å². The molecule has 1 N–H and O–H groups in total. The Morgan fingerprint density at radius 3 is 1.91 bits per heavy atom. The van der Waals surface area contributed by atoms with Gasteiger partial charge in [0.05, 0.1) is 11.7 Å². The molecule has 0 aromatic heterocycles. The lowest BCUT2D eigenvalue weighted by molar-refractivity contribution is 0.0697. The standard InChI is InChI=1S/C20H24O3/c1-14(13-20(2,3)4)23-18-11-9-16(10-12-18)15-5-7-17(8-6-15)19(21)22/h5-12,14H,13H2,1-4H3,(H,21,22). The Hall–Kier alpha value is -2.29. The number of hydrogen-bond donors (Lipinski definition) is 1. The highest BCUT2D eigenvalue weighted by atomic mass is 16.5. The zero-order chi connectivity index (χ0) is 17.0. The van der Waals surface area contributed by atoms with E-state index in [0.29, 0.717) is 5.56 Å². The second-order valence-electron chi connectivity index (χ2n) is 7.10. The third-order valence-corrected chi connectivity index (χ3v) is 3.56. The summed E-state index contributed by atoms with van der Waals surface area (Å²) in [6.45, 7) is 8.70. The fraction of sp³-hybridized carbons (Fsp3) is 0.350. The third-order valence-electron chi connectivity index (χ3n) is 3.56. The van der Waals surface area contributed by atoms with Gasteiger partial charge < -0.3 is 9.84 Å². The van der Waals surface area contributed by atoms with Crippen molar-refractivity contribution in [1.82, 2.24) is 0 Å². The van der Waals surface area contributed by atoms with Gasteiger partial charge in [0.25, 0.3) is 0 Å². The fourth-order valence-electron chi connectivity index (χ4n) is 2.67. The van der Waals surface area contributed by atoms with E-state index < -0.39 is 5.97 Å². The van der Waals surface area contributed by atoms with Crippen molar-refractivity contribution >= 4 is 5.97 Å². The van der Waals surface area contributed by atoms with Gasteiger partial charge in [-0.25, -0.2) is 4.79 Å². The third kappa shape index (κ3) is 5.13. The SMILES string of the molecule is CC(CC(C)(C)C)Oc1ccc(-c2ccc(C(=O)O)cc2)cc1. The Balaban J connectivity index is 2.05. The highest BCUT2D eigenvalue weighted by Gasteiger charge is 2.16. The molecule has 1 unspecified atom stereocenters. The first-order valence-corrected chi connectivity index (χ1v) is 7.85. The molecule has 0 aliphatic rings. The summed E-state index contributed by atoms with van der Waals surface area (Å²) in [5, 5.41) is 8.93. The van der Waals surface area contributed by atoms with Crippen LogP contribution >= 0.6 is 0 Å². The Kier molecular flexibility index (Phi) is 5.09. The van der Waals surface area contributed by atoms with Crippen LogP contribution in [-0.2, 0) is 0 Å². The van der Waals surface area contributed by atoms with E-state index in [1.54, 1.807) is 12.1 Å². The molecule has 0 amide bonds. The van der Waals surface area contributed by atoms with E-state index in [2.05, 4.69) is 27.7 Å². The van der Waals surface area contributed by atoms with Crippen LogP contribution in [-0.4, -0.2) is 17.2 Å². The number of rotatable bonds is 5. The van der Waals surface area contributed by atoms with Gasteiger partial charge in [-0.2, -0.15) is 0 Å². The minimum absolute atomic E-state index is 0.163. The predicted octanol–water partition coefficient (Wildman–Crippen LogP) is 5.26.